The first kappa shape index (κ1) is 14.8. The highest BCUT2D eigenvalue weighted by Crippen LogP contribution is 2.00. The summed E-state index contributed by atoms with van der Waals surface area (Å²) in [4.78, 5) is 22.6. The summed E-state index contributed by atoms with van der Waals surface area (Å²) >= 11 is 0. The van der Waals surface area contributed by atoms with E-state index in [1.807, 2.05) is 0 Å². The lowest BCUT2D eigenvalue weighted by Crippen LogP contribution is -2.42. The van der Waals surface area contributed by atoms with Gasteiger partial charge in [0.05, 0.1) is 13.1 Å². The minimum Gasteiger partial charge on any atom is -0.370 e. The lowest BCUT2D eigenvalue weighted by molar-refractivity contribution is -0.146. The summed E-state index contributed by atoms with van der Waals surface area (Å²) < 4.78 is 0. The largest absolute Gasteiger partial charge is 0.370 e. The molecule has 0 radical (unpaired) electrons. The molecule has 0 aromatic carbocycles. The highest BCUT2D eigenvalue weighted by atomic mass is 16.5. The Bertz CT molecular complexity index is 233. The molecule has 0 rings (SSSR count). The molecular formula is C8H16N2O6. The normalized spacial score (nSPS) is 10.9. The van der Waals surface area contributed by atoms with Gasteiger partial charge in [-0.3, -0.25) is 9.59 Å². The Kier molecular flexibility index (Phi) is 6.58. The van der Waals surface area contributed by atoms with Crippen molar-refractivity contribution >= 4 is 11.8 Å². The third kappa shape index (κ3) is 7.12. The number of carbonyl (C=O) groups excluding carboxylic acids is 2. The zero-order valence-electron chi connectivity index (χ0n) is 8.61. The van der Waals surface area contributed by atoms with E-state index in [2.05, 4.69) is 0 Å². The number of carbonyl (C=O) groups is 2. The second-order valence-corrected chi connectivity index (χ2v) is 3.23. The maximum atomic E-state index is 11.4. The molecular weight excluding hydrogens is 220 g/mol. The molecule has 0 aromatic rings. The highest BCUT2D eigenvalue weighted by molar-refractivity contribution is 5.82. The molecule has 0 spiro atoms. The predicted octanol–water partition coefficient (Wildman–Crippen LogP) is -3.30. The van der Waals surface area contributed by atoms with Gasteiger partial charge in [-0.25, -0.2) is 0 Å². The minimum absolute atomic E-state index is 0.182. The van der Waals surface area contributed by atoms with Crippen molar-refractivity contribution in [2.45, 2.75) is 25.4 Å². The number of aliphatic hydroxyl groups is 4. The zero-order chi connectivity index (χ0) is 12.7. The lowest BCUT2D eigenvalue weighted by Gasteiger charge is -2.24. The number of aliphatic hydroxyl groups excluding tert-OH is 2. The van der Waals surface area contributed by atoms with Gasteiger partial charge in [0.1, 0.15) is 0 Å². The third-order valence-electron chi connectivity index (χ3n) is 1.71. The summed E-state index contributed by atoms with van der Waals surface area (Å²) in [6.45, 7) is -0.926. The minimum atomic E-state index is -1.78. The van der Waals surface area contributed by atoms with Crippen LogP contribution in [0.25, 0.3) is 0 Å². The molecule has 94 valence electrons. The fraction of sp³-hybridized carbons (Fsp3) is 0.750. The van der Waals surface area contributed by atoms with Crippen LogP contribution in [0, 0.1) is 0 Å². The van der Waals surface area contributed by atoms with E-state index in [0.717, 1.165) is 4.90 Å². The van der Waals surface area contributed by atoms with Crippen molar-refractivity contribution in [3.05, 3.63) is 0 Å². The van der Waals surface area contributed by atoms with E-state index in [0.29, 0.717) is 0 Å². The summed E-state index contributed by atoms with van der Waals surface area (Å²) in [7, 11) is 0. The van der Waals surface area contributed by atoms with Crippen LogP contribution in [0.3, 0.4) is 0 Å². The maximum Gasteiger partial charge on any atom is 0.223 e. The molecule has 0 fully saturated rings. The Balaban J connectivity index is 4.25. The second kappa shape index (κ2) is 7.12. The Morgan fingerprint density at radius 3 is 1.75 bits per heavy atom. The number of nitrogens with two attached hydrogens (primary N) is 1. The number of nitrogens with zero attached hydrogens (tertiary/aromatic N) is 1. The summed E-state index contributed by atoms with van der Waals surface area (Å²) in [6.07, 6.45) is -3.96. The Morgan fingerprint density at radius 2 is 1.44 bits per heavy atom. The van der Waals surface area contributed by atoms with Crippen LogP contribution in [0.1, 0.15) is 12.8 Å². The van der Waals surface area contributed by atoms with Crippen LogP contribution in [0.15, 0.2) is 0 Å². The molecule has 0 saturated heterocycles. The van der Waals surface area contributed by atoms with Crippen LogP contribution < -0.4 is 5.73 Å². The van der Waals surface area contributed by atoms with Gasteiger partial charge in [0.25, 0.3) is 0 Å². The predicted molar refractivity (Wildman–Crippen MR) is 51.5 cm³/mol. The van der Waals surface area contributed by atoms with Gasteiger partial charge in [0, 0.05) is 12.8 Å². The molecule has 0 aliphatic heterocycles. The molecule has 8 nitrogen and oxygen atoms in total. The summed E-state index contributed by atoms with van der Waals surface area (Å²) in [5.74, 6) is -1.28. The van der Waals surface area contributed by atoms with Gasteiger partial charge in [-0.15, -0.1) is 0 Å². The van der Waals surface area contributed by atoms with Crippen molar-refractivity contribution < 1.29 is 30.0 Å². The smallest absolute Gasteiger partial charge is 0.223 e. The average Bonchev–Trinajstić information content (AvgIpc) is 2.11. The van der Waals surface area contributed by atoms with Gasteiger partial charge in [0.2, 0.25) is 11.8 Å². The number of primary amides is 1. The first-order valence-corrected chi connectivity index (χ1v) is 4.61. The number of amides is 2. The van der Waals surface area contributed by atoms with Gasteiger partial charge in [-0.05, 0) is 0 Å². The van der Waals surface area contributed by atoms with Crippen molar-refractivity contribution in [1.29, 1.82) is 0 Å². The van der Waals surface area contributed by atoms with E-state index in [1.54, 1.807) is 0 Å². The molecule has 0 aliphatic rings. The molecule has 0 atom stereocenters. The average molecular weight is 236 g/mol. The fourth-order valence-corrected chi connectivity index (χ4v) is 1.06. The number of hydrogen-bond acceptors (Lipinski definition) is 6. The first-order valence-electron chi connectivity index (χ1n) is 4.61. The van der Waals surface area contributed by atoms with Gasteiger partial charge >= 0.3 is 0 Å². The quantitative estimate of drug-likeness (QED) is 0.293. The third-order valence-corrected chi connectivity index (χ3v) is 1.71. The van der Waals surface area contributed by atoms with Crippen LogP contribution in [-0.4, -0.2) is 62.8 Å². The molecule has 2 amide bonds. The maximum absolute atomic E-state index is 11.4. The summed E-state index contributed by atoms with van der Waals surface area (Å²) in [5, 5.41) is 34.7. The molecule has 8 heteroatoms. The lowest BCUT2D eigenvalue weighted by atomic mass is 10.2. The van der Waals surface area contributed by atoms with Crippen LogP contribution >= 0.6 is 0 Å². The van der Waals surface area contributed by atoms with Gasteiger partial charge in [0.15, 0.2) is 12.6 Å². The first-order chi connectivity index (χ1) is 7.32. The molecule has 0 bridgehead atoms. The molecule has 0 aliphatic carbocycles. The second-order valence-electron chi connectivity index (χ2n) is 3.23. The van der Waals surface area contributed by atoms with E-state index >= 15 is 0 Å². The Labute approximate surface area is 91.9 Å². The Hall–Kier alpha value is -1.22. The van der Waals surface area contributed by atoms with Crippen molar-refractivity contribution in [1.82, 2.24) is 4.90 Å². The molecule has 0 aromatic heterocycles. The Morgan fingerprint density at radius 1 is 1.00 bits per heavy atom. The van der Waals surface area contributed by atoms with E-state index < -0.39 is 37.5 Å². The van der Waals surface area contributed by atoms with Crippen LogP contribution in [0.2, 0.25) is 0 Å². The zero-order valence-corrected chi connectivity index (χ0v) is 8.61. The van der Waals surface area contributed by atoms with E-state index in [1.165, 1.54) is 0 Å². The van der Waals surface area contributed by atoms with Crippen LogP contribution in [0.5, 0.6) is 0 Å². The topological polar surface area (TPSA) is 144 Å². The standard InChI is InChI=1S/C8H16N2O6/c9-5(11)1-2-6(12)10(3-7(13)14)4-8(15)16/h7-8,13-16H,1-4H2,(H2,9,11). The van der Waals surface area contributed by atoms with E-state index in [4.69, 9.17) is 26.2 Å². The monoisotopic (exact) mass is 236 g/mol. The van der Waals surface area contributed by atoms with Crippen molar-refractivity contribution in [3.63, 3.8) is 0 Å². The van der Waals surface area contributed by atoms with Gasteiger partial charge in [-0.2, -0.15) is 0 Å². The summed E-state index contributed by atoms with van der Waals surface area (Å²) in [6, 6.07) is 0. The summed E-state index contributed by atoms with van der Waals surface area (Å²) in [5.41, 5.74) is 4.84. The molecule has 0 heterocycles. The molecule has 0 saturated carbocycles. The fourth-order valence-electron chi connectivity index (χ4n) is 1.06. The SMILES string of the molecule is NC(=O)CCC(=O)N(CC(O)O)CC(O)O. The van der Waals surface area contributed by atoms with E-state index in [-0.39, 0.29) is 12.8 Å². The van der Waals surface area contributed by atoms with Crippen molar-refractivity contribution in [2.24, 2.45) is 5.73 Å². The van der Waals surface area contributed by atoms with Crippen molar-refractivity contribution in [3.8, 4) is 0 Å². The van der Waals surface area contributed by atoms with Gasteiger partial charge < -0.3 is 31.1 Å². The molecule has 16 heavy (non-hydrogen) atoms. The molecule has 0 unspecified atom stereocenters. The van der Waals surface area contributed by atoms with Crippen LogP contribution in [0.4, 0.5) is 0 Å². The van der Waals surface area contributed by atoms with Crippen LogP contribution in [-0.2, 0) is 9.59 Å². The molecule has 6 N–H and O–H groups in total. The number of hydrogen-bond donors (Lipinski definition) is 5. The number of rotatable bonds is 7. The van der Waals surface area contributed by atoms with Crippen molar-refractivity contribution in [2.75, 3.05) is 13.1 Å². The highest BCUT2D eigenvalue weighted by Gasteiger charge is 2.18. The van der Waals surface area contributed by atoms with E-state index in [9.17, 15) is 9.59 Å². The van der Waals surface area contributed by atoms with Gasteiger partial charge in [-0.1, -0.05) is 0 Å².